The Labute approximate surface area is 193 Å². The predicted molar refractivity (Wildman–Crippen MR) is 114 cm³/mol. The van der Waals surface area contributed by atoms with Crippen LogP contribution in [-0.2, 0) is 9.53 Å². The zero-order valence-electron chi connectivity index (χ0n) is 18.4. The first-order chi connectivity index (χ1) is 15.3. The number of carbonyl (C=O) groups is 2. The summed E-state index contributed by atoms with van der Waals surface area (Å²) in [6, 6.07) is 3.69. The summed E-state index contributed by atoms with van der Waals surface area (Å²) in [5.41, 5.74) is -0.313. The molecular formula is C20H27F4N3O5S. The number of hydrogen-bond donors (Lipinski definition) is 2. The van der Waals surface area contributed by atoms with E-state index in [0.29, 0.717) is 12.2 Å². The molecule has 0 atom stereocenters. The lowest BCUT2D eigenvalue weighted by atomic mass is 10.2. The van der Waals surface area contributed by atoms with E-state index in [9.17, 15) is 22.4 Å². The lowest BCUT2D eigenvalue weighted by molar-refractivity contribution is -0.192. The predicted octanol–water partition coefficient (Wildman–Crippen LogP) is 4.57. The highest BCUT2D eigenvalue weighted by Crippen LogP contribution is 2.26. The molecule has 0 aliphatic carbocycles. The van der Waals surface area contributed by atoms with E-state index in [2.05, 4.69) is 14.6 Å². The molecule has 0 spiro atoms. The highest BCUT2D eigenvalue weighted by molar-refractivity contribution is 7.97. The summed E-state index contributed by atoms with van der Waals surface area (Å²) in [6.45, 7) is 7.49. The Morgan fingerprint density at radius 1 is 1.24 bits per heavy atom. The third-order valence-corrected chi connectivity index (χ3v) is 4.75. The van der Waals surface area contributed by atoms with Crippen molar-refractivity contribution in [2.75, 3.05) is 26.2 Å². The number of hydrogen-bond acceptors (Lipinski definition) is 7. The van der Waals surface area contributed by atoms with Gasteiger partial charge in [-0.2, -0.15) is 13.2 Å². The molecule has 0 unspecified atom stereocenters. The van der Waals surface area contributed by atoms with Gasteiger partial charge in [0.2, 0.25) is 5.88 Å². The number of aromatic nitrogens is 1. The Morgan fingerprint density at radius 3 is 2.30 bits per heavy atom. The van der Waals surface area contributed by atoms with Gasteiger partial charge >= 0.3 is 18.2 Å². The van der Waals surface area contributed by atoms with E-state index in [1.165, 1.54) is 12.8 Å². The van der Waals surface area contributed by atoms with Crippen molar-refractivity contribution in [3.05, 3.63) is 30.2 Å². The molecule has 0 aromatic carbocycles. The normalized spacial score (nSPS) is 14.8. The van der Waals surface area contributed by atoms with Crippen molar-refractivity contribution in [1.29, 1.82) is 0 Å². The van der Waals surface area contributed by atoms with E-state index in [-0.39, 0.29) is 18.7 Å². The van der Waals surface area contributed by atoms with Crippen molar-refractivity contribution in [2.24, 2.45) is 0 Å². The monoisotopic (exact) mass is 497 g/mol. The summed E-state index contributed by atoms with van der Waals surface area (Å²) in [6.07, 6.45) is -1.04. The molecule has 0 bridgehead atoms. The molecule has 1 aromatic rings. The summed E-state index contributed by atoms with van der Waals surface area (Å²) in [5.74, 6) is -2.35. The molecule has 0 saturated carbocycles. The average Bonchev–Trinajstić information content (AvgIpc) is 3.21. The van der Waals surface area contributed by atoms with Crippen LogP contribution in [0.5, 0.6) is 5.88 Å². The van der Waals surface area contributed by atoms with Crippen molar-refractivity contribution < 1.29 is 41.7 Å². The van der Waals surface area contributed by atoms with Crippen molar-refractivity contribution in [3.8, 4) is 5.88 Å². The molecule has 1 fully saturated rings. The highest BCUT2D eigenvalue weighted by Gasteiger charge is 2.38. The van der Waals surface area contributed by atoms with Gasteiger partial charge in [-0.05, 0) is 51.6 Å². The first kappa shape index (κ1) is 28.5. The molecule has 1 aliphatic heterocycles. The number of pyridine rings is 1. The number of carbonyl (C=O) groups excluding carboxylic acids is 1. The number of alkyl halides is 3. The van der Waals surface area contributed by atoms with Crippen LogP contribution in [0.2, 0.25) is 0 Å². The van der Waals surface area contributed by atoms with Crippen LogP contribution in [0.4, 0.5) is 22.4 Å². The molecule has 8 nitrogen and oxygen atoms in total. The first-order valence-electron chi connectivity index (χ1n) is 9.87. The maximum Gasteiger partial charge on any atom is 0.490 e. The highest BCUT2D eigenvalue weighted by atomic mass is 32.2. The number of rotatable bonds is 7. The molecule has 2 heterocycles. The van der Waals surface area contributed by atoms with Crippen molar-refractivity contribution in [3.63, 3.8) is 0 Å². The first-order valence-corrected chi connectivity index (χ1v) is 10.6. The van der Waals surface area contributed by atoms with Gasteiger partial charge in [-0.15, -0.1) is 0 Å². The smallest absolute Gasteiger partial charge is 0.475 e. The van der Waals surface area contributed by atoms with E-state index >= 15 is 0 Å². The van der Waals surface area contributed by atoms with Crippen molar-refractivity contribution in [2.45, 2.75) is 50.3 Å². The van der Waals surface area contributed by atoms with Crippen LogP contribution < -0.4 is 10.1 Å². The topological polar surface area (TPSA) is 101 Å². The Morgan fingerprint density at radius 2 is 1.85 bits per heavy atom. The number of carboxylic acid groups (broad SMARTS) is 1. The number of nitrogens with zero attached hydrogens (tertiary/aromatic N) is 2. The molecule has 1 aromatic heterocycles. The Kier molecular flexibility index (Phi) is 11.4. The Balaban J connectivity index is 0.000000675. The molecule has 186 valence electrons. The molecule has 2 rings (SSSR count). The summed E-state index contributed by atoms with van der Waals surface area (Å²) in [4.78, 5) is 25.8. The summed E-state index contributed by atoms with van der Waals surface area (Å²) < 4.78 is 57.6. The molecule has 2 N–H and O–H groups in total. The molecule has 1 saturated heterocycles. The quantitative estimate of drug-likeness (QED) is 0.417. The second-order valence-electron chi connectivity index (χ2n) is 7.77. The van der Waals surface area contributed by atoms with E-state index in [0.717, 1.165) is 18.0 Å². The number of halogens is 4. The number of amides is 1. The van der Waals surface area contributed by atoms with Crippen LogP contribution in [0, 0.1) is 0 Å². The fourth-order valence-corrected chi connectivity index (χ4v) is 3.19. The number of aliphatic carboxylic acids is 1. The summed E-state index contributed by atoms with van der Waals surface area (Å²) in [5, 5.41) is 9.62. The van der Waals surface area contributed by atoms with Gasteiger partial charge in [0.25, 0.3) is 0 Å². The third kappa shape index (κ3) is 12.9. The van der Waals surface area contributed by atoms with Crippen LogP contribution in [0.25, 0.3) is 0 Å². The minimum absolute atomic E-state index is 0.00207. The molecule has 13 heteroatoms. The molecular weight excluding hydrogens is 470 g/mol. The zero-order valence-corrected chi connectivity index (χ0v) is 19.3. The van der Waals surface area contributed by atoms with Gasteiger partial charge in [0.15, 0.2) is 0 Å². The van der Waals surface area contributed by atoms with Crippen LogP contribution in [-0.4, -0.2) is 64.5 Å². The third-order valence-electron chi connectivity index (χ3n) is 3.67. The van der Waals surface area contributed by atoms with Crippen molar-refractivity contribution in [1.82, 2.24) is 14.6 Å². The van der Waals surface area contributed by atoms with Gasteiger partial charge in [-0.1, -0.05) is 0 Å². The van der Waals surface area contributed by atoms with E-state index in [1.54, 1.807) is 45.0 Å². The largest absolute Gasteiger partial charge is 0.490 e. The summed E-state index contributed by atoms with van der Waals surface area (Å²) in [7, 11) is 0. The van der Waals surface area contributed by atoms with Gasteiger partial charge in [-0.25, -0.2) is 23.3 Å². The average molecular weight is 498 g/mol. The Hall–Kier alpha value is -2.54. The van der Waals surface area contributed by atoms with Crippen LogP contribution >= 0.6 is 11.9 Å². The molecule has 0 radical (unpaired) electrons. The maximum atomic E-state index is 13.0. The number of nitrogens with one attached hydrogen (secondary N) is 1. The lowest BCUT2D eigenvalue weighted by Gasteiger charge is -2.20. The van der Waals surface area contributed by atoms with Crippen LogP contribution in [0.1, 0.15) is 33.6 Å². The maximum absolute atomic E-state index is 13.0. The SMILES string of the molecule is CC(C)(C)OC(=O)NC/C(=C/F)COc1ccc(SN2CCCC2)cn1.O=C(O)C(F)(F)F. The summed E-state index contributed by atoms with van der Waals surface area (Å²) >= 11 is 1.69. The van der Waals surface area contributed by atoms with Crippen LogP contribution in [0.3, 0.4) is 0 Å². The standard InChI is InChI=1S/C18H26FN3O3S.C2HF3O2/c1-18(2,3)25-17(23)21-11-14(10-19)13-24-16-7-6-15(12-20-16)26-22-8-4-5-9-22;3-2(4,5)1(6)7/h6-7,10,12H,4-5,8-9,11,13H2,1-3H3,(H,21,23);(H,6,7)/b14-10-;. The van der Waals surface area contributed by atoms with Gasteiger partial charge in [0.1, 0.15) is 12.2 Å². The number of alkyl carbamates (subject to hydrolysis) is 1. The van der Waals surface area contributed by atoms with Gasteiger partial charge in [-0.3, -0.25) is 0 Å². The fourth-order valence-electron chi connectivity index (χ4n) is 2.22. The second kappa shape index (κ2) is 13.2. The van der Waals surface area contributed by atoms with Crippen molar-refractivity contribution >= 4 is 24.0 Å². The second-order valence-corrected chi connectivity index (χ2v) is 8.94. The minimum Gasteiger partial charge on any atom is -0.475 e. The fraction of sp³-hybridized carbons (Fsp3) is 0.550. The van der Waals surface area contributed by atoms with Gasteiger partial charge in [0.05, 0.1) is 6.33 Å². The van der Waals surface area contributed by atoms with Gasteiger partial charge < -0.3 is 19.9 Å². The van der Waals surface area contributed by atoms with E-state index < -0.39 is 23.8 Å². The lowest BCUT2D eigenvalue weighted by Crippen LogP contribution is -2.34. The molecule has 33 heavy (non-hydrogen) atoms. The molecule has 1 amide bonds. The van der Waals surface area contributed by atoms with Gasteiger partial charge in [0, 0.05) is 42.4 Å². The van der Waals surface area contributed by atoms with E-state index in [1.807, 2.05) is 6.07 Å². The molecule has 1 aliphatic rings. The Bertz CT molecular complexity index is 792. The number of ether oxygens (including phenoxy) is 2. The van der Waals surface area contributed by atoms with Crippen LogP contribution in [0.15, 0.2) is 35.1 Å². The number of carboxylic acids is 1. The van der Waals surface area contributed by atoms with E-state index in [4.69, 9.17) is 19.4 Å². The minimum atomic E-state index is -5.08. The zero-order chi connectivity index (χ0) is 25.1.